The van der Waals surface area contributed by atoms with Gasteiger partial charge in [-0.3, -0.25) is 0 Å². The van der Waals surface area contributed by atoms with Gasteiger partial charge in [-0.05, 0) is 42.7 Å². The first kappa shape index (κ1) is 17.9. The van der Waals surface area contributed by atoms with Gasteiger partial charge in [-0.25, -0.2) is 0 Å². The highest BCUT2D eigenvalue weighted by molar-refractivity contribution is 7.90. The van der Waals surface area contributed by atoms with Crippen molar-refractivity contribution < 1.29 is 8.42 Å². The van der Waals surface area contributed by atoms with Crippen LogP contribution in [0.15, 0.2) is 77.7 Å². The molecule has 29 heavy (non-hydrogen) atoms. The molecule has 5 rings (SSSR count). The monoisotopic (exact) mass is 400 g/mol. The first-order valence-electron chi connectivity index (χ1n) is 9.64. The normalized spacial score (nSPS) is 13.6. The second-order valence-corrected chi connectivity index (χ2v) is 9.11. The zero-order valence-electron chi connectivity index (χ0n) is 16.0. The van der Waals surface area contributed by atoms with E-state index in [4.69, 9.17) is 0 Å². The second-order valence-electron chi connectivity index (χ2n) is 7.34. The molecule has 1 heterocycles. The van der Waals surface area contributed by atoms with E-state index in [9.17, 15) is 8.42 Å². The van der Waals surface area contributed by atoms with Crippen LogP contribution in [0.2, 0.25) is 0 Å². The van der Waals surface area contributed by atoms with E-state index in [1.807, 2.05) is 67.6 Å². The van der Waals surface area contributed by atoms with E-state index in [2.05, 4.69) is 11.2 Å². The lowest BCUT2D eigenvalue weighted by Crippen LogP contribution is -2.16. The molecule has 0 N–H and O–H groups in total. The Balaban J connectivity index is 1.83. The summed E-state index contributed by atoms with van der Waals surface area (Å²) in [7, 11) is -3.83. The molecule has 1 aliphatic carbocycles. The molecule has 0 amide bonds. The number of benzene rings is 3. The molecular weight excluding hydrogens is 380 g/mol. The van der Waals surface area contributed by atoms with Gasteiger partial charge in [0.2, 0.25) is 0 Å². The van der Waals surface area contributed by atoms with Crippen LogP contribution < -0.4 is 0 Å². The molecule has 0 radical (unpaired) electrons. The van der Waals surface area contributed by atoms with E-state index in [0.717, 1.165) is 46.0 Å². The quantitative estimate of drug-likeness (QED) is 0.474. The Morgan fingerprint density at radius 1 is 0.931 bits per heavy atom. The van der Waals surface area contributed by atoms with Crippen molar-refractivity contribution in [1.29, 1.82) is 0 Å². The smallest absolute Gasteiger partial charge is 0.199 e. The molecule has 1 aliphatic rings. The standard InChI is InChI=1S/C24H20N2O2S/c1-17-13-15-19(16-14-17)29(27,28)26-24(22-10-4-5-12-23(22)25-26)21-11-6-8-18-7-2-3-9-20(18)21/h2-4,6-11,13-16H,5,12H2,1H3. The highest BCUT2D eigenvalue weighted by atomic mass is 32.2. The van der Waals surface area contributed by atoms with Gasteiger partial charge in [0, 0.05) is 11.1 Å². The van der Waals surface area contributed by atoms with Crippen LogP contribution in [0, 0.1) is 6.92 Å². The van der Waals surface area contributed by atoms with Gasteiger partial charge in [0.25, 0.3) is 10.0 Å². The van der Waals surface area contributed by atoms with Crippen molar-refractivity contribution in [2.45, 2.75) is 24.7 Å². The van der Waals surface area contributed by atoms with E-state index in [1.165, 1.54) is 4.09 Å². The fourth-order valence-electron chi connectivity index (χ4n) is 3.90. The van der Waals surface area contributed by atoms with Crippen LogP contribution in [0.4, 0.5) is 0 Å². The highest BCUT2D eigenvalue weighted by Crippen LogP contribution is 2.37. The van der Waals surface area contributed by atoms with Gasteiger partial charge in [-0.15, -0.1) is 0 Å². The minimum atomic E-state index is -3.83. The Hall–Kier alpha value is -3.18. The number of allylic oxidation sites excluding steroid dienone is 1. The van der Waals surface area contributed by atoms with Crippen LogP contribution in [0.5, 0.6) is 0 Å². The van der Waals surface area contributed by atoms with Gasteiger partial charge in [0.1, 0.15) is 0 Å². The second kappa shape index (κ2) is 6.71. The predicted molar refractivity (Wildman–Crippen MR) is 116 cm³/mol. The number of hydrogen-bond donors (Lipinski definition) is 0. The Kier molecular flexibility index (Phi) is 4.14. The van der Waals surface area contributed by atoms with Crippen LogP contribution in [0.3, 0.4) is 0 Å². The summed E-state index contributed by atoms with van der Waals surface area (Å²) in [6.45, 7) is 1.94. The molecule has 0 unspecified atom stereocenters. The van der Waals surface area contributed by atoms with E-state index in [-0.39, 0.29) is 4.90 Å². The summed E-state index contributed by atoms with van der Waals surface area (Å²) in [6.07, 6.45) is 5.69. The average Bonchev–Trinajstić information content (AvgIpc) is 3.14. The van der Waals surface area contributed by atoms with E-state index in [1.54, 1.807) is 12.1 Å². The number of nitrogens with zero attached hydrogens (tertiary/aromatic N) is 2. The van der Waals surface area contributed by atoms with Crippen LogP contribution in [-0.2, 0) is 16.4 Å². The number of rotatable bonds is 3. The fourth-order valence-corrected chi connectivity index (χ4v) is 5.22. The zero-order chi connectivity index (χ0) is 20.0. The molecule has 0 bridgehead atoms. The van der Waals surface area contributed by atoms with Crippen LogP contribution in [0.25, 0.3) is 28.1 Å². The third-order valence-electron chi connectivity index (χ3n) is 5.39. The largest absolute Gasteiger partial charge is 0.283 e. The molecule has 0 saturated heterocycles. The number of hydrogen-bond acceptors (Lipinski definition) is 3. The molecule has 5 heteroatoms. The summed E-state index contributed by atoms with van der Waals surface area (Å²) in [6, 6.07) is 20.9. The molecule has 0 spiro atoms. The maximum absolute atomic E-state index is 13.6. The van der Waals surface area contributed by atoms with Gasteiger partial charge in [0.05, 0.1) is 16.3 Å². The minimum absolute atomic E-state index is 0.244. The van der Waals surface area contributed by atoms with Crippen molar-refractivity contribution in [3.63, 3.8) is 0 Å². The predicted octanol–water partition coefficient (Wildman–Crippen LogP) is 5.21. The van der Waals surface area contributed by atoms with Crippen molar-refractivity contribution in [1.82, 2.24) is 9.19 Å². The third-order valence-corrected chi connectivity index (χ3v) is 6.98. The lowest BCUT2D eigenvalue weighted by atomic mass is 9.96. The summed E-state index contributed by atoms with van der Waals surface area (Å²) in [5.41, 5.74) is 4.24. The van der Waals surface area contributed by atoms with Crippen molar-refractivity contribution in [2.24, 2.45) is 0 Å². The third kappa shape index (κ3) is 2.89. The Morgan fingerprint density at radius 2 is 1.69 bits per heavy atom. The average molecular weight is 401 g/mol. The number of aryl methyl sites for hydroxylation is 2. The van der Waals surface area contributed by atoms with E-state index in [0.29, 0.717) is 5.69 Å². The summed E-state index contributed by atoms with van der Waals surface area (Å²) in [4.78, 5) is 0.244. The van der Waals surface area contributed by atoms with Crippen LogP contribution >= 0.6 is 0 Å². The maximum Gasteiger partial charge on any atom is 0.283 e. The number of fused-ring (bicyclic) bond motifs is 2. The Labute approximate surface area is 170 Å². The van der Waals surface area contributed by atoms with Gasteiger partial charge < -0.3 is 0 Å². The first-order chi connectivity index (χ1) is 14.1. The molecule has 3 aromatic carbocycles. The lowest BCUT2D eigenvalue weighted by molar-refractivity contribution is 0.580. The van der Waals surface area contributed by atoms with Crippen molar-refractivity contribution in [2.75, 3.05) is 0 Å². The van der Waals surface area contributed by atoms with Crippen molar-refractivity contribution in [3.8, 4) is 11.3 Å². The fraction of sp³-hybridized carbons (Fsp3) is 0.125. The minimum Gasteiger partial charge on any atom is -0.199 e. The number of aromatic nitrogens is 2. The Bertz CT molecular complexity index is 1360. The summed E-state index contributed by atoms with van der Waals surface area (Å²) in [5, 5.41) is 6.66. The van der Waals surface area contributed by atoms with Crippen molar-refractivity contribution in [3.05, 3.63) is 89.6 Å². The molecule has 4 aromatic rings. The molecular formula is C24H20N2O2S. The van der Waals surface area contributed by atoms with Crippen LogP contribution in [0.1, 0.15) is 23.2 Å². The van der Waals surface area contributed by atoms with E-state index < -0.39 is 10.0 Å². The zero-order valence-corrected chi connectivity index (χ0v) is 16.9. The maximum atomic E-state index is 13.6. The molecule has 144 valence electrons. The summed E-state index contributed by atoms with van der Waals surface area (Å²) in [5.74, 6) is 0. The summed E-state index contributed by atoms with van der Waals surface area (Å²) >= 11 is 0. The molecule has 0 aliphatic heterocycles. The molecule has 1 aromatic heterocycles. The molecule has 4 nitrogen and oxygen atoms in total. The molecule has 0 atom stereocenters. The molecule has 0 saturated carbocycles. The first-order valence-corrected chi connectivity index (χ1v) is 11.1. The molecule has 0 fully saturated rings. The SMILES string of the molecule is Cc1ccc(S(=O)(=O)n2nc3c(c2-c2cccc4ccccc24)C=CCC3)cc1. The van der Waals surface area contributed by atoms with Crippen molar-refractivity contribution >= 4 is 26.9 Å². The topological polar surface area (TPSA) is 52.0 Å². The van der Waals surface area contributed by atoms with Gasteiger partial charge >= 0.3 is 0 Å². The van der Waals surface area contributed by atoms with Gasteiger partial charge in [0.15, 0.2) is 0 Å². The van der Waals surface area contributed by atoms with Gasteiger partial charge in [-0.2, -0.15) is 17.6 Å². The van der Waals surface area contributed by atoms with Crippen LogP contribution in [-0.4, -0.2) is 17.6 Å². The lowest BCUT2D eigenvalue weighted by Gasteiger charge is -2.13. The van der Waals surface area contributed by atoms with Gasteiger partial charge in [-0.1, -0.05) is 72.3 Å². The van der Waals surface area contributed by atoms with E-state index >= 15 is 0 Å². The highest BCUT2D eigenvalue weighted by Gasteiger charge is 2.28. The summed E-state index contributed by atoms with van der Waals surface area (Å²) < 4.78 is 28.4. The Morgan fingerprint density at radius 3 is 2.52 bits per heavy atom.